The van der Waals surface area contributed by atoms with Crippen LogP contribution in [0.3, 0.4) is 0 Å². The Kier molecular flexibility index (Phi) is 7.44. The maximum atomic E-state index is 14.2. The molecule has 0 unspecified atom stereocenters. The van der Waals surface area contributed by atoms with E-state index in [1.54, 1.807) is 10.6 Å². The Morgan fingerprint density at radius 2 is 1.83 bits per heavy atom. The fourth-order valence-corrected chi connectivity index (χ4v) is 6.26. The molecule has 10 heteroatoms. The van der Waals surface area contributed by atoms with Crippen LogP contribution in [0.4, 0.5) is 0 Å². The van der Waals surface area contributed by atoms with Crippen LogP contribution in [-0.2, 0) is 20.8 Å². The maximum absolute atomic E-state index is 14.2. The van der Waals surface area contributed by atoms with Crippen LogP contribution in [-0.4, -0.2) is 54.4 Å². The van der Waals surface area contributed by atoms with E-state index in [-0.39, 0.29) is 36.3 Å². The van der Waals surface area contributed by atoms with E-state index in [0.29, 0.717) is 35.7 Å². The third kappa shape index (κ3) is 4.72. The summed E-state index contributed by atoms with van der Waals surface area (Å²) in [6.45, 7) is 10.8. The van der Waals surface area contributed by atoms with Gasteiger partial charge in [-0.1, -0.05) is 20.8 Å². The molecule has 1 N–H and O–H groups in total. The minimum Gasteiger partial charge on any atom is -0.461 e. The fourth-order valence-electron chi connectivity index (χ4n) is 6.26. The molecule has 5 atom stereocenters. The Bertz CT molecular complexity index is 1750. The van der Waals surface area contributed by atoms with Gasteiger partial charge in [-0.15, -0.1) is 0 Å². The van der Waals surface area contributed by atoms with Crippen LogP contribution in [0.1, 0.15) is 39.7 Å². The molecular weight excluding hydrogens is 538 g/mol. The molecular formula is C32H37N3O7. The van der Waals surface area contributed by atoms with Gasteiger partial charge in [0.1, 0.15) is 5.75 Å². The van der Waals surface area contributed by atoms with Gasteiger partial charge in [0.05, 0.1) is 22.5 Å². The van der Waals surface area contributed by atoms with Gasteiger partial charge < -0.3 is 33.6 Å². The van der Waals surface area contributed by atoms with Crippen LogP contribution in [0.5, 0.6) is 17.2 Å². The molecule has 1 fully saturated rings. The maximum Gasteiger partial charge on any atom is 0.303 e. The van der Waals surface area contributed by atoms with Gasteiger partial charge in [-0.05, 0) is 55.5 Å². The van der Waals surface area contributed by atoms with E-state index in [0.717, 1.165) is 39.2 Å². The van der Waals surface area contributed by atoms with Crippen LogP contribution in [0.2, 0.25) is 0 Å². The molecule has 0 saturated carbocycles. The highest BCUT2D eigenvalue weighted by atomic mass is 16.7. The summed E-state index contributed by atoms with van der Waals surface area (Å²) in [6.07, 6.45) is 1.19. The molecule has 2 aliphatic heterocycles. The second-order valence-corrected chi connectivity index (χ2v) is 11.3. The lowest BCUT2D eigenvalue weighted by Gasteiger charge is -2.43. The quantitative estimate of drug-likeness (QED) is 0.248. The topological polar surface area (TPSA) is 110 Å². The van der Waals surface area contributed by atoms with Crippen LogP contribution in [0.15, 0.2) is 35.3 Å². The number of fused-ring (bicyclic) bond motifs is 6. The van der Waals surface area contributed by atoms with Gasteiger partial charge in [0, 0.05) is 49.0 Å². The molecule has 0 spiro atoms. The highest BCUT2D eigenvalue weighted by Crippen LogP contribution is 2.40. The fraction of sp³-hybridized carbons (Fsp3) is 0.469. The molecule has 222 valence electrons. The molecule has 1 saturated heterocycles. The summed E-state index contributed by atoms with van der Waals surface area (Å²) in [5, 5.41) is 6.11. The summed E-state index contributed by atoms with van der Waals surface area (Å²) in [6, 6.07) is 7.50. The molecule has 2 aromatic heterocycles. The highest BCUT2D eigenvalue weighted by Gasteiger charge is 2.44. The van der Waals surface area contributed by atoms with Gasteiger partial charge in [0.25, 0.3) is 5.56 Å². The van der Waals surface area contributed by atoms with Crippen molar-refractivity contribution >= 4 is 38.5 Å². The second-order valence-electron chi connectivity index (χ2n) is 11.3. The number of carbonyl (C=O) groups excluding carboxylic acids is 1. The molecule has 0 bridgehead atoms. The van der Waals surface area contributed by atoms with Crippen LogP contribution >= 0.6 is 0 Å². The molecule has 0 radical (unpaired) electrons. The molecule has 0 aliphatic carbocycles. The standard InChI is InChI=1S/C32H37N3O7/c1-7-25-17(3)18(4)30(40-19(5)36)32(41-25)42-26-11-21-20(10-16(26)2)23-14-34-24-13-28-27(38-15-39-28)12-22(24)29(23)35(31(21)37)9-8-33-6/h10-14,17-18,25,30,32-33H,7-9,15H2,1-6H3/t17-,18+,25-,30-,32+/m1/s1. The number of nitrogens with one attached hydrogen (secondary N) is 1. The van der Waals surface area contributed by atoms with Gasteiger partial charge in [-0.2, -0.15) is 0 Å². The highest BCUT2D eigenvalue weighted by molar-refractivity contribution is 6.14. The number of aromatic nitrogens is 2. The van der Waals surface area contributed by atoms with Crippen molar-refractivity contribution in [3.05, 3.63) is 46.4 Å². The molecule has 42 heavy (non-hydrogen) atoms. The zero-order chi connectivity index (χ0) is 29.7. The Morgan fingerprint density at radius 3 is 2.55 bits per heavy atom. The minimum absolute atomic E-state index is 0.0243. The Hall–Kier alpha value is -3.89. The molecule has 6 rings (SSSR count). The number of hydrogen-bond donors (Lipinski definition) is 1. The van der Waals surface area contributed by atoms with Crippen molar-refractivity contribution in [1.29, 1.82) is 0 Å². The number of benzene rings is 2. The van der Waals surface area contributed by atoms with E-state index in [1.165, 1.54) is 6.92 Å². The third-order valence-corrected chi connectivity index (χ3v) is 8.73. The van der Waals surface area contributed by atoms with Gasteiger partial charge in [-0.25, -0.2) is 0 Å². The van der Waals surface area contributed by atoms with Gasteiger partial charge in [0.2, 0.25) is 13.1 Å². The molecule has 10 nitrogen and oxygen atoms in total. The van der Waals surface area contributed by atoms with Crippen molar-refractivity contribution in [2.24, 2.45) is 11.8 Å². The van der Waals surface area contributed by atoms with Crippen LogP contribution < -0.4 is 25.1 Å². The summed E-state index contributed by atoms with van der Waals surface area (Å²) >= 11 is 0. The van der Waals surface area contributed by atoms with Crippen molar-refractivity contribution in [3.8, 4) is 17.2 Å². The lowest BCUT2D eigenvalue weighted by molar-refractivity contribution is -0.247. The normalized spacial score (nSPS) is 23.5. The second kappa shape index (κ2) is 11.1. The number of hydrogen-bond acceptors (Lipinski definition) is 9. The molecule has 0 amide bonds. The van der Waals surface area contributed by atoms with E-state index in [1.807, 2.05) is 38.4 Å². The number of nitrogens with zero attached hydrogens (tertiary/aromatic N) is 2. The largest absolute Gasteiger partial charge is 0.461 e. The number of likely N-dealkylation sites (N-methyl/N-ethyl adjacent to an activating group) is 1. The number of aryl methyl sites for hydroxylation is 1. The van der Waals surface area contributed by atoms with Crippen molar-refractivity contribution in [3.63, 3.8) is 0 Å². The monoisotopic (exact) mass is 575 g/mol. The van der Waals surface area contributed by atoms with Crippen LogP contribution in [0, 0.1) is 18.8 Å². The number of carbonyl (C=O) groups is 1. The predicted octanol–water partition coefficient (Wildman–Crippen LogP) is 4.68. The predicted molar refractivity (Wildman–Crippen MR) is 159 cm³/mol. The summed E-state index contributed by atoms with van der Waals surface area (Å²) in [4.78, 5) is 30.9. The van der Waals surface area contributed by atoms with E-state index in [4.69, 9.17) is 28.7 Å². The van der Waals surface area contributed by atoms with Crippen molar-refractivity contribution in [1.82, 2.24) is 14.9 Å². The molecule has 2 aromatic carbocycles. The smallest absolute Gasteiger partial charge is 0.303 e. The zero-order valence-corrected chi connectivity index (χ0v) is 24.9. The van der Waals surface area contributed by atoms with Gasteiger partial charge >= 0.3 is 5.97 Å². The summed E-state index contributed by atoms with van der Waals surface area (Å²) in [5.74, 6) is 1.60. The summed E-state index contributed by atoms with van der Waals surface area (Å²) in [5.41, 5.74) is 2.20. The Labute approximate surface area is 243 Å². The van der Waals surface area contributed by atoms with E-state index in [2.05, 4.69) is 26.1 Å². The van der Waals surface area contributed by atoms with Crippen molar-refractivity contribution in [2.75, 3.05) is 20.4 Å². The number of pyridine rings is 2. The first kappa shape index (κ1) is 28.2. The van der Waals surface area contributed by atoms with E-state index < -0.39 is 12.4 Å². The third-order valence-electron chi connectivity index (χ3n) is 8.73. The molecule has 4 heterocycles. The summed E-state index contributed by atoms with van der Waals surface area (Å²) < 4.78 is 31.5. The first-order chi connectivity index (χ1) is 20.2. The Balaban J connectivity index is 1.51. The van der Waals surface area contributed by atoms with Gasteiger partial charge in [-0.3, -0.25) is 14.6 Å². The molecule has 2 aliphatic rings. The number of esters is 1. The SMILES string of the molecule is CC[C@H]1O[C@@H](Oc2cc3c(=O)n(CCNC)c4c5cc6c(cc5ncc4c3cc2C)OCO6)[C@H](OC(C)=O)[C@@H](C)[C@H]1C. The first-order valence-corrected chi connectivity index (χ1v) is 14.5. The molecule has 4 aromatic rings. The van der Waals surface area contributed by atoms with Crippen LogP contribution in [0.25, 0.3) is 32.6 Å². The number of ether oxygens (including phenoxy) is 5. The lowest BCUT2D eigenvalue weighted by atomic mass is 9.82. The van der Waals surface area contributed by atoms with E-state index in [9.17, 15) is 9.59 Å². The van der Waals surface area contributed by atoms with Gasteiger partial charge in [0.15, 0.2) is 17.6 Å². The zero-order valence-electron chi connectivity index (χ0n) is 24.9. The van der Waals surface area contributed by atoms with Crippen molar-refractivity contribution in [2.45, 2.75) is 66.1 Å². The van der Waals surface area contributed by atoms with Crippen molar-refractivity contribution < 1.29 is 28.5 Å². The lowest BCUT2D eigenvalue weighted by Crippen LogP contribution is -2.53. The number of rotatable bonds is 7. The Morgan fingerprint density at radius 1 is 1.07 bits per heavy atom. The summed E-state index contributed by atoms with van der Waals surface area (Å²) in [7, 11) is 1.86. The average Bonchev–Trinajstić information content (AvgIpc) is 3.43. The average molecular weight is 576 g/mol. The first-order valence-electron chi connectivity index (χ1n) is 14.5. The minimum atomic E-state index is -0.803. The van der Waals surface area contributed by atoms with E-state index >= 15 is 0 Å².